The number of aromatic nitrogens is 1. The van der Waals surface area contributed by atoms with E-state index in [2.05, 4.69) is 34.6 Å². The molecule has 0 radical (unpaired) electrons. The van der Waals surface area contributed by atoms with Crippen molar-refractivity contribution in [3.8, 4) is 0 Å². The molecular weight excluding hydrogens is 236 g/mol. The predicted molar refractivity (Wildman–Crippen MR) is 76.6 cm³/mol. The van der Waals surface area contributed by atoms with Gasteiger partial charge in [-0.15, -0.1) is 0 Å². The maximum Gasteiger partial charge on any atom is 0.0719 e. The summed E-state index contributed by atoms with van der Waals surface area (Å²) in [7, 11) is 0. The number of ether oxygens (including phenoxy) is 1. The van der Waals surface area contributed by atoms with Gasteiger partial charge in [0.15, 0.2) is 0 Å². The Kier molecular flexibility index (Phi) is 5.53. The van der Waals surface area contributed by atoms with Gasteiger partial charge in [0.05, 0.1) is 12.3 Å². The highest BCUT2D eigenvalue weighted by Gasteiger charge is 2.01. The van der Waals surface area contributed by atoms with E-state index in [0.29, 0.717) is 6.61 Å². The minimum Gasteiger partial charge on any atom is -0.377 e. The maximum absolute atomic E-state index is 5.48. The van der Waals surface area contributed by atoms with Gasteiger partial charge in [0.1, 0.15) is 0 Å². The molecule has 0 unspecified atom stereocenters. The Balaban J connectivity index is 1.88. The highest BCUT2D eigenvalue weighted by Crippen LogP contribution is 2.10. The van der Waals surface area contributed by atoms with Crippen molar-refractivity contribution in [2.45, 2.75) is 26.6 Å². The lowest BCUT2D eigenvalue weighted by molar-refractivity contribution is 0.133. The number of hydrogen-bond acceptors (Lipinski definition) is 3. The van der Waals surface area contributed by atoms with Crippen molar-refractivity contribution in [3.05, 3.63) is 65.5 Å². The third kappa shape index (κ3) is 4.47. The van der Waals surface area contributed by atoms with Crippen LogP contribution < -0.4 is 5.32 Å². The fourth-order valence-electron chi connectivity index (χ4n) is 1.91. The highest BCUT2D eigenvalue weighted by atomic mass is 16.5. The molecular formula is C16H20N2O. The molecule has 0 spiro atoms. The van der Waals surface area contributed by atoms with Crippen LogP contribution in [0, 0.1) is 0 Å². The van der Waals surface area contributed by atoms with Crippen LogP contribution in [0.25, 0.3) is 0 Å². The van der Waals surface area contributed by atoms with Crippen molar-refractivity contribution in [1.82, 2.24) is 10.3 Å². The standard InChI is InChI=1S/C16H20N2O/c1-2-19-13-15-8-4-3-7-14(15)11-17-12-16-9-5-6-10-18-16/h3-10,17H,2,11-13H2,1H3. The first kappa shape index (κ1) is 13.7. The second kappa shape index (κ2) is 7.67. The highest BCUT2D eigenvalue weighted by molar-refractivity contribution is 5.26. The van der Waals surface area contributed by atoms with Gasteiger partial charge in [-0.2, -0.15) is 0 Å². The molecule has 2 rings (SSSR count). The van der Waals surface area contributed by atoms with Gasteiger partial charge in [-0.05, 0) is 30.2 Å². The fourth-order valence-corrected chi connectivity index (χ4v) is 1.91. The Morgan fingerprint density at radius 2 is 1.79 bits per heavy atom. The fraction of sp³-hybridized carbons (Fsp3) is 0.312. The number of nitrogens with zero attached hydrogens (tertiary/aromatic N) is 1. The van der Waals surface area contributed by atoms with Crippen molar-refractivity contribution in [1.29, 1.82) is 0 Å². The smallest absolute Gasteiger partial charge is 0.0719 e. The van der Waals surface area contributed by atoms with E-state index >= 15 is 0 Å². The van der Waals surface area contributed by atoms with Crippen molar-refractivity contribution < 1.29 is 4.74 Å². The number of hydrogen-bond donors (Lipinski definition) is 1. The maximum atomic E-state index is 5.48. The topological polar surface area (TPSA) is 34.1 Å². The van der Waals surface area contributed by atoms with Crippen LogP contribution in [0.1, 0.15) is 23.7 Å². The molecule has 1 N–H and O–H groups in total. The molecule has 0 aliphatic heterocycles. The zero-order valence-corrected chi connectivity index (χ0v) is 11.3. The third-order valence-electron chi connectivity index (χ3n) is 2.93. The summed E-state index contributed by atoms with van der Waals surface area (Å²) in [5, 5.41) is 3.42. The first-order chi connectivity index (χ1) is 9.40. The molecule has 100 valence electrons. The molecule has 0 saturated carbocycles. The summed E-state index contributed by atoms with van der Waals surface area (Å²) in [4.78, 5) is 4.29. The molecule has 3 heteroatoms. The summed E-state index contributed by atoms with van der Waals surface area (Å²) in [5.41, 5.74) is 3.59. The molecule has 0 aliphatic carbocycles. The van der Waals surface area contributed by atoms with E-state index in [1.54, 1.807) is 0 Å². The van der Waals surface area contributed by atoms with Gasteiger partial charge in [-0.3, -0.25) is 4.98 Å². The lowest BCUT2D eigenvalue weighted by Gasteiger charge is -2.10. The second-order valence-corrected chi connectivity index (χ2v) is 4.33. The molecule has 0 amide bonds. The zero-order chi connectivity index (χ0) is 13.3. The predicted octanol–water partition coefficient (Wildman–Crippen LogP) is 2.91. The Labute approximate surface area is 114 Å². The Morgan fingerprint density at radius 3 is 2.53 bits per heavy atom. The molecule has 0 atom stereocenters. The Morgan fingerprint density at radius 1 is 1.00 bits per heavy atom. The molecule has 0 fully saturated rings. The van der Waals surface area contributed by atoms with Crippen molar-refractivity contribution in [2.24, 2.45) is 0 Å². The van der Waals surface area contributed by atoms with Crippen molar-refractivity contribution >= 4 is 0 Å². The molecule has 19 heavy (non-hydrogen) atoms. The van der Waals surface area contributed by atoms with Gasteiger partial charge < -0.3 is 10.1 Å². The van der Waals surface area contributed by atoms with Crippen molar-refractivity contribution in [2.75, 3.05) is 6.61 Å². The summed E-state index contributed by atoms with van der Waals surface area (Å²) in [5.74, 6) is 0. The quantitative estimate of drug-likeness (QED) is 0.827. The summed E-state index contributed by atoms with van der Waals surface area (Å²) in [6.45, 7) is 5.05. The average molecular weight is 256 g/mol. The van der Waals surface area contributed by atoms with Gasteiger partial charge >= 0.3 is 0 Å². The van der Waals surface area contributed by atoms with E-state index in [0.717, 1.165) is 25.4 Å². The van der Waals surface area contributed by atoms with Crippen LogP contribution in [0.4, 0.5) is 0 Å². The Bertz CT molecular complexity index is 485. The largest absolute Gasteiger partial charge is 0.377 e. The van der Waals surface area contributed by atoms with E-state index in [9.17, 15) is 0 Å². The molecule has 0 aliphatic rings. The van der Waals surface area contributed by atoms with E-state index in [-0.39, 0.29) is 0 Å². The van der Waals surface area contributed by atoms with E-state index in [4.69, 9.17) is 4.74 Å². The third-order valence-corrected chi connectivity index (χ3v) is 2.93. The summed E-state index contributed by atoms with van der Waals surface area (Å²) in [6, 6.07) is 14.3. The van der Waals surface area contributed by atoms with Crippen LogP contribution in [0.2, 0.25) is 0 Å². The first-order valence-electron chi connectivity index (χ1n) is 6.65. The first-order valence-corrected chi connectivity index (χ1v) is 6.65. The van der Waals surface area contributed by atoms with Crippen LogP contribution in [-0.4, -0.2) is 11.6 Å². The van der Waals surface area contributed by atoms with Gasteiger partial charge in [-0.1, -0.05) is 30.3 Å². The molecule has 3 nitrogen and oxygen atoms in total. The van der Waals surface area contributed by atoms with Crippen LogP contribution in [0.15, 0.2) is 48.7 Å². The SMILES string of the molecule is CCOCc1ccccc1CNCc1ccccn1. The van der Waals surface area contributed by atoms with Crippen LogP contribution in [0.3, 0.4) is 0 Å². The Hall–Kier alpha value is -1.71. The molecule has 1 aromatic carbocycles. The summed E-state index contributed by atoms with van der Waals surface area (Å²) < 4.78 is 5.48. The summed E-state index contributed by atoms with van der Waals surface area (Å²) in [6.07, 6.45) is 1.82. The van der Waals surface area contributed by atoms with Crippen LogP contribution >= 0.6 is 0 Å². The molecule has 1 aromatic heterocycles. The normalized spacial score (nSPS) is 10.6. The summed E-state index contributed by atoms with van der Waals surface area (Å²) >= 11 is 0. The van der Waals surface area contributed by atoms with Gasteiger partial charge in [0.25, 0.3) is 0 Å². The van der Waals surface area contributed by atoms with E-state index < -0.39 is 0 Å². The zero-order valence-electron chi connectivity index (χ0n) is 11.3. The molecule has 1 heterocycles. The molecule has 0 saturated heterocycles. The molecule has 0 bridgehead atoms. The second-order valence-electron chi connectivity index (χ2n) is 4.33. The van der Waals surface area contributed by atoms with Gasteiger partial charge in [0.2, 0.25) is 0 Å². The average Bonchev–Trinajstić information content (AvgIpc) is 2.47. The van der Waals surface area contributed by atoms with Gasteiger partial charge in [-0.25, -0.2) is 0 Å². The number of rotatable bonds is 7. The van der Waals surface area contributed by atoms with E-state index in [1.807, 2.05) is 31.3 Å². The van der Waals surface area contributed by atoms with Crippen LogP contribution in [-0.2, 0) is 24.4 Å². The number of benzene rings is 1. The van der Waals surface area contributed by atoms with Gasteiger partial charge in [0, 0.05) is 25.9 Å². The minimum atomic E-state index is 0.679. The molecule has 2 aromatic rings. The number of pyridine rings is 1. The number of nitrogens with one attached hydrogen (secondary N) is 1. The lowest BCUT2D eigenvalue weighted by atomic mass is 10.1. The van der Waals surface area contributed by atoms with Crippen LogP contribution in [0.5, 0.6) is 0 Å². The monoisotopic (exact) mass is 256 g/mol. The minimum absolute atomic E-state index is 0.679. The lowest BCUT2D eigenvalue weighted by Crippen LogP contribution is -2.15. The van der Waals surface area contributed by atoms with E-state index in [1.165, 1.54) is 11.1 Å². The van der Waals surface area contributed by atoms with Crippen molar-refractivity contribution in [3.63, 3.8) is 0 Å².